The molecule has 0 bridgehead atoms. The minimum Gasteiger partial charge on any atom is -0.488 e. The van der Waals surface area contributed by atoms with Crippen LogP contribution < -0.4 is 10.5 Å². The van der Waals surface area contributed by atoms with Crippen LogP contribution in [0.5, 0.6) is 5.75 Å². The van der Waals surface area contributed by atoms with Crippen molar-refractivity contribution in [3.8, 4) is 17.3 Å². The number of pyridine rings is 2. The molecule has 0 radical (unpaired) electrons. The molecular formula is C26H30N6O2. The summed E-state index contributed by atoms with van der Waals surface area (Å²) in [6.45, 7) is 4.16. The Hall–Kier alpha value is -3.07. The van der Waals surface area contributed by atoms with Crippen LogP contribution >= 0.6 is 0 Å². The van der Waals surface area contributed by atoms with Gasteiger partial charge >= 0.3 is 0 Å². The molecule has 8 heteroatoms. The van der Waals surface area contributed by atoms with E-state index in [9.17, 15) is 5.11 Å². The van der Waals surface area contributed by atoms with E-state index in [1.54, 1.807) is 0 Å². The number of ether oxygens (including phenoxy) is 1. The van der Waals surface area contributed by atoms with Crippen LogP contribution in [0.25, 0.3) is 28.1 Å². The van der Waals surface area contributed by atoms with E-state index in [0.717, 1.165) is 66.8 Å². The average Bonchev–Trinajstić information content (AvgIpc) is 3.58. The van der Waals surface area contributed by atoms with Crippen LogP contribution in [0, 0.1) is 0 Å². The largest absolute Gasteiger partial charge is 0.488 e. The standard InChI is InChI=1S/C26H30N6O2/c1-16(31-12-11-19(27)15-31)18-7-10-25-29-30-26(32(25)14-18)21-9-6-17-5-8-20(13-22(17)28-21)34-24-4-2-3-23(24)33/h5-10,13-14,16,19,23-24,33H,2-4,11-12,15,27H2,1H3/t16-,19-,23-,24-/m0/s1. The number of aliphatic hydroxyl groups is 1. The van der Waals surface area contributed by atoms with E-state index in [-0.39, 0.29) is 18.2 Å². The first-order valence-corrected chi connectivity index (χ1v) is 12.2. The second-order valence-electron chi connectivity index (χ2n) is 9.64. The van der Waals surface area contributed by atoms with Gasteiger partial charge in [0, 0.05) is 42.8 Å². The molecule has 3 aromatic heterocycles. The van der Waals surface area contributed by atoms with Crippen LogP contribution in [0.1, 0.15) is 44.2 Å². The molecule has 2 aliphatic rings. The Balaban J connectivity index is 1.33. The Morgan fingerprint density at radius 1 is 1.09 bits per heavy atom. The van der Waals surface area contributed by atoms with Gasteiger partial charge in [-0.05, 0) is 62.4 Å². The predicted octanol–water partition coefficient (Wildman–Crippen LogP) is 3.33. The maximum atomic E-state index is 10.1. The van der Waals surface area contributed by atoms with Crippen molar-refractivity contribution >= 4 is 16.6 Å². The van der Waals surface area contributed by atoms with E-state index in [0.29, 0.717) is 5.82 Å². The van der Waals surface area contributed by atoms with Gasteiger partial charge in [0.2, 0.25) is 0 Å². The van der Waals surface area contributed by atoms with E-state index in [1.165, 1.54) is 5.56 Å². The summed E-state index contributed by atoms with van der Waals surface area (Å²) >= 11 is 0. The van der Waals surface area contributed by atoms with Crippen molar-refractivity contribution in [2.24, 2.45) is 5.73 Å². The molecule has 1 aromatic carbocycles. The Morgan fingerprint density at radius 2 is 1.97 bits per heavy atom. The molecule has 8 nitrogen and oxygen atoms in total. The lowest BCUT2D eigenvalue weighted by Gasteiger charge is -2.24. The van der Waals surface area contributed by atoms with Gasteiger partial charge in [-0.1, -0.05) is 12.1 Å². The van der Waals surface area contributed by atoms with Crippen LogP contribution in [0.2, 0.25) is 0 Å². The SMILES string of the molecule is C[C@@H](c1ccc2nnc(-c3ccc4ccc(O[C@H]5CCC[C@@H]5O)cc4n3)n2c1)N1CC[C@H](N)C1. The molecule has 2 fully saturated rings. The molecule has 0 spiro atoms. The number of hydrogen-bond donors (Lipinski definition) is 2. The van der Waals surface area contributed by atoms with Gasteiger partial charge < -0.3 is 15.6 Å². The van der Waals surface area contributed by atoms with Gasteiger partial charge in [-0.3, -0.25) is 9.30 Å². The molecule has 176 valence electrons. The maximum Gasteiger partial charge on any atom is 0.187 e. The highest BCUT2D eigenvalue weighted by molar-refractivity contribution is 5.82. The lowest BCUT2D eigenvalue weighted by atomic mass is 10.1. The van der Waals surface area contributed by atoms with Gasteiger partial charge in [0.1, 0.15) is 17.5 Å². The highest BCUT2D eigenvalue weighted by Crippen LogP contribution is 2.29. The first kappa shape index (κ1) is 21.5. The zero-order valence-corrected chi connectivity index (χ0v) is 19.3. The monoisotopic (exact) mass is 458 g/mol. The fourth-order valence-corrected chi connectivity index (χ4v) is 5.22. The summed E-state index contributed by atoms with van der Waals surface area (Å²) in [6, 6.07) is 14.6. The molecule has 6 rings (SSSR count). The highest BCUT2D eigenvalue weighted by Gasteiger charge is 2.27. The third kappa shape index (κ3) is 3.91. The molecular weight excluding hydrogens is 428 g/mol. The lowest BCUT2D eigenvalue weighted by molar-refractivity contribution is 0.0605. The third-order valence-electron chi connectivity index (χ3n) is 7.31. The summed E-state index contributed by atoms with van der Waals surface area (Å²) in [4.78, 5) is 7.31. The number of nitrogens with two attached hydrogens (primary N) is 1. The van der Waals surface area contributed by atoms with E-state index < -0.39 is 6.10 Å². The van der Waals surface area contributed by atoms with Crippen LogP contribution in [0.15, 0.2) is 48.7 Å². The summed E-state index contributed by atoms with van der Waals surface area (Å²) < 4.78 is 8.08. The van der Waals surface area contributed by atoms with E-state index >= 15 is 0 Å². The Morgan fingerprint density at radius 3 is 2.76 bits per heavy atom. The van der Waals surface area contributed by atoms with Crippen molar-refractivity contribution in [2.75, 3.05) is 13.1 Å². The molecule has 4 atom stereocenters. The number of nitrogens with zero attached hydrogens (tertiary/aromatic N) is 5. The minimum absolute atomic E-state index is 0.147. The molecule has 4 heterocycles. The maximum absolute atomic E-state index is 10.1. The quantitative estimate of drug-likeness (QED) is 0.473. The number of aliphatic hydroxyl groups excluding tert-OH is 1. The highest BCUT2D eigenvalue weighted by atomic mass is 16.5. The fraction of sp³-hybridized carbons (Fsp3) is 0.423. The molecule has 34 heavy (non-hydrogen) atoms. The van der Waals surface area contributed by atoms with Crippen LogP contribution in [-0.4, -0.2) is 60.9 Å². The molecule has 1 aliphatic heterocycles. The van der Waals surface area contributed by atoms with Gasteiger partial charge in [-0.25, -0.2) is 4.98 Å². The topological polar surface area (TPSA) is 102 Å². The predicted molar refractivity (Wildman–Crippen MR) is 131 cm³/mol. The molecule has 1 aliphatic carbocycles. The molecule has 1 saturated carbocycles. The van der Waals surface area contributed by atoms with Crippen molar-refractivity contribution in [2.45, 2.75) is 56.9 Å². The summed E-state index contributed by atoms with van der Waals surface area (Å²) in [5.41, 5.74) is 9.70. The molecule has 0 unspecified atom stereocenters. The minimum atomic E-state index is -0.398. The average molecular weight is 459 g/mol. The Kier molecular flexibility index (Phi) is 5.44. The molecule has 0 amide bonds. The second-order valence-corrected chi connectivity index (χ2v) is 9.64. The zero-order chi connectivity index (χ0) is 23.2. The number of fused-ring (bicyclic) bond motifs is 2. The van der Waals surface area contributed by atoms with Crippen LogP contribution in [0.4, 0.5) is 0 Å². The summed E-state index contributed by atoms with van der Waals surface area (Å²) in [5, 5.41) is 20.0. The number of aromatic nitrogens is 4. The van der Waals surface area contributed by atoms with E-state index in [1.807, 2.05) is 40.8 Å². The summed E-state index contributed by atoms with van der Waals surface area (Å²) in [7, 11) is 0. The Labute approximate surface area is 198 Å². The molecule has 3 N–H and O–H groups in total. The third-order valence-corrected chi connectivity index (χ3v) is 7.31. The van der Waals surface area contributed by atoms with Gasteiger partial charge in [0.15, 0.2) is 11.5 Å². The zero-order valence-electron chi connectivity index (χ0n) is 19.3. The van der Waals surface area contributed by atoms with Crippen molar-refractivity contribution < 1.29 is 9.84 Å². The summed E-state index contributed by atoms with van der Waals surface area (Å²) in [6.07, 6.45) is 5.28. The van der Waals surface area contributed by atoms with E-state index in [2.05, 4.69) is 34.3 Å². The smallest absolute Gasteiger partial charge is 0.187 e. The number of rotatable bonds is 5. The van der Waals surface area contributed by atoms with Gasteiger partial charge in [0.25, 0.3) is 0 Å². The number of hydrogen-bond acceptors (Lipinski definition) is 7. The molecule has 4 aromatic rings. The normalized spacial score (nSPS) is 24.3. The Bertz CT molecular complexity index is 1340. The first-order chi connectivity index (χ1) is 16.5. The van der Waals surface area contributed by atoms with Gasteiger partial charge in [-0.15, -0.1) is 10.2 Å². The van der Waals surface area contributed by atoms with Crippen molar-refractivity contribution in [3.63, 3.8) is 0 Å². The van der Waals surface area contributed by atoms with Gasteiger partial charge in [0.05, 0.1) is 11.6 Å². The van der Waals surface area contributed by atoms with Gasteiger partial charge in [-0.2, -0.15) is 0 Å². The number of likely N-dealkylation sites (tertiary alicyclic amines) is 1. The number of benzene rings is 1. The molecule has 1 saturated heterocycles. The van der Waals surface area contributed by atoms with Crippen LogP contribution in [-0.2, 0) is 0 Å². The van der Waals surface area contributed by atoms with Crippen molar-refractivity contribution in [3.05, 3.63) is 54.2 Å². The lowest BCUT2D eigenvalue weighted by Crippen LogP contribution is -2.28. The first-order valence-electron chi connectivity index (χ1n) is 12.2. The van der Waals surface area contributed by atoms with Crippen molar-refractivity contribution in [1.29, 1.82) is 0 Å². The fourth-order valence-electron chi connectivity index (χ4n) is 5.22. The van der Waals surface area contributed by atoms with Crippen LogP contribution in [0.3, 0.4) is 0 Å². The second kappa shape index (κ2) is 8.61. The van der Waals surface area contributed by atoms with Crippen molar-refractivity contribution in [1.82, 2.24) is 24.5 Å². The van der Waals surface area contributed by atoms with E-state index in [4.69, 9.17) is 15.5 Å². The summed E-state index contributed by atoms with van der Waals surface area (Å²) in [5.74, 6) is 1.44.